The van der Waals surface area contributed by atoms with Crippen molar-refractivity contribution in [3.63, 3.8) is 0 Å². The summed E-state index contributed by atoms with van der Waals surface area (Å²) in [4.78, 5) is 15.1. The summed E-state index contributed by atoms with van der Waals surface area (Å²) < 4.78 is 38.0. The van der Waals surface area contributed by atoms with Crippen molar-refractivity contribution in [1.82, 2.24) is 4.98 Å². The Morgan fingerprint density at radius 2 is 1.89 bits per heavy atom. The summed E-state index contributed by atoms with van der Waals surface area (Å²) in [5.41, 5.74) is 0.746. The number of carbonyl (C=O) groups is 1. The molecule has 1 aromatic heterocycles. The van der Waals surface area contributed by atoms with E-state index in [1.165, 1.54) is 0 Å². The van der Waals surface area contributed by atoms with E-state index < -0.39 is 11.2 Å². The van der Waals surface area contributed by atoms with Crippen LogP contribution in [-0.4, -0.2) is 10.8 Å². The second-order valence-electron chi connectivity index (χ2n) is 3.75. The van der Waals surface area contributed by atoms with E-state index in [1.807, 2.05) is 0 Å². The Morgan fingerprint density at radius 3 is 2.42 bits per heavy atom. The van der Waals surface area contributed by atoms with E-state index in [-0.39, 0.29) is 17.1 Å². The zero-order valence-electron chi connectivity index (χ0n) is 9.37. The maximum atomic E-state index is 12.4. The molecule has 0 bridgehead atoms. The molecular formula is C12H7BrF3NOS. The SMILES string of the molecule is O=C(Cc1ccc(Br)cc1)c1cnc(C(F)(F)F)s1. The molecule has 0 radical (unpaired) electrons. The van der Waals surface area contributed by atoms with Crippen LogP contribution < -0.4 is 0 Å². The van der Waals surface area contributed by atoms with Gasteiger partial charge in [-0.05, 0) is 17.7 Å². The van der Waals surface area contributed by atoms with Gasteiger partial charge in [-0.15, -0.1) is 11.3 Å². The van der Waals surface area contributed by atoms with E-state index in [0.717, 1.165) is 16.2 Å². The summed E-state index contributed by atoms with van der Waals surface area (Å²) in [5.74, 6) is -0.365. The average Bonchev–Trinajstić information content (AvgIpc) is 2.81. The van der Waals surface area contributed by atoms with Crippen molar-refractivity contribution in [3.05, 3.63) is 50.4 Å². The van der Waals surface area contributed by atoms with Crippen LogP contribution in [0.1, 0.15) is 20.2 Å². The average molecular weight is 350 g/mol. The van der Waals surface area contributed by atoms with Crippen LogP contribution in [0.5, 0.6) is 0 Å². The number of thiazole rings is 1. The first-order valence-corrected chi connectivity index (χ1v) is 6.78. The Balaban J connectivity index is 2.12. The lowest BCUT2D eigenvalue weighted by molar-refractivity contribution is -0.137. The summed E-state index contributed by atoms with van der Waals surface area (Å²) in [5, 5.41) is -0.994. The number of carbonyl (C=O) groups excluding carboxylic acids is 1. The second kappa shape index (κ2) is 5.42. The molecule has 0 saturated heterocycles. The summed E-state index contributed by atoms with van der Waals surface area (Å²) in [6.45, 7) is 0. The fourth-order valence-electron chi connectivity index (χ4n) is 1.41. The fraction of sp³-hybridized carbons (Fsp3) is 0.167. The number of benzene rings is 1. The first kappa shape index (κ1) is 14.2. The zero-order chi connectivity index (χ0) is 14.0. The number of halogens is 4. The molecule has 0 fully saturated rings. The first-order valence-electron chi connectivity index (χ1n) is 5.17. The van der Waals surface area contributed by atoms with Crippen LogP contribution in [0.25, 0.3) is 0 Å². The quantitative estimate of drug-likeness (QED) is 0.771. The Hall–Kier alpha value is -1.21. The summed E-state index contributed by atoms with van der Waals surface area (Å²) in [7, 11) is 0. The van der Waals surface area contributed by atoms with Crippen molar-refractivity contribution in [2.75, 3.05) is 0 Å². The topological polar surface area (TPSA) is 30.0 Å². The molecule has 0 unspecified atom stereocenters. The molecule has 0 atom stereocenters. The van der Waals surface area contributed by atoms with Gasteiger partial charge in [-0.2, -0.15) is 13.2 Å². The maximum Gasteiger partial charge on any atom is 0.443 e. The van der Waals surface area contributed by atoms with E-state index in [1.54, 1.807) is 24.3 Å². The van der Waals surface area contributed by atoms with Gasteiger partial charge in [-0.3, -0.25) is 4.79 Å². The molecule has 2 aromatic rings. The van der Waals surface area contributed by atoms with E-state index in [0.29, 0.717) is 11.3 Å². The molecule has 1 heterocycles. The molecule has 0 amide bonds. The molecule has 0 N–H and O–H groups in total. The van der Waals surface area contributed by atoms with Gasteiger partial charge in [0.15, 0.2) is 10.8 Å². The molecule has 19 heavy (non-hydrogen) atoms. The molecule has 0 saturated carbocycles. The predicted molar refractivity (Wildman–Crippen MR) is 69.3 cm³/mol. The van der Waals surface area contributed by atoms with Gasteiger partial charge in [-0.25, -0.2) is 4.98 Å². The number of ketones is 1. The predicted octanol–water partition coefficient (Wildman–Crippen LogP) is 4.35. The van der Waals surface area contributed by atoms with Gasteiger partial charge in [0.2, 0.25) is 0 Å². The molecule has 1 aromatic carbocycles. The van der Waals surface area contributed by atoms with Crippen molar-refractivity contribution < 1.29 is 18.0 Å². The smallest absolute Gasteiger partial charge is 0.293 e. The van der Waals surface area contributed by atoms with E-state index >= 15 is 0 Å². The Bertz CT molecular complexity index is 592. The number of alkyl halides is 3. The highest BCUT2D eigenvalue weighted by atomic mass is 79.9. The van der Waals surface area contributed by atoms with E-state index in [9.17, 15) is 18.0 Å². The Morgan fingerprint density at radius 1 is 1.26 bits per heavy atom. The van der Waals surface area contributed by atoms with Crippen LogP contribution in [-0.2, 0) is 12.6 Å². The molecule has 2 nitrogen and oxygen atoms in total. The van der Waals surface area contributed by atoms with Gasteiger partial charge < -0.3 is 0 Å². The molecule has 0 aliphatic carbocycles. The third-order valence-corrected chi connectivity index (χ3v) is 3.91. The van der Waals surface area contributed by atoms with Gasteiger partial charge >= 0.3 is 6.18 Å². The lowest BCUT2D eigenvalue weighted by Crippen LogP contribution is -2.03. The van der Waals surface area contributed by atoms with Crippen LogP contribution >= 0.6 is 27.3 Å². The highest BCUT2D eigenvalue weighted by Gasteiger charge is 2.35. The van der Waals surface area contributed by atoms with Gasteiger partial charge in [0.1, 0.15) is 0 Å². The third kappa shape index (κ3) is 3.63. The van der Waals surface area contributed by atoms with Gasteiger partial charge in [0.25, 0.3) is 0 Å². The minimum Gasteiger partial charge on any atom is -0.293 e. The van der Waals surface area contributed by atoms with Crippen LogP contribution in [0.4, 0.5) is 13.2 Å². The van der Waals surface area contributed by atoms with Crippen LogP contribution in [0, 0.1) is 0 Å². The molecule has 0 aliphatic rings. The Labute approximate surface area is 119 Å². The summed E-state index contributed by atoms with van der Waals surface area (Å²) >= 11 is 3.64. The summed E-state index contributed by atoms with van der Waals surface area (Å²) in [6, 6.07) is 7.04. The van der Waals surface area contributed by atoms with Crippen LogP contribution in [0.15, 0.2) is 34.9 Å². The fourth-order valence-corrected chi connectivity index (χ4v) is 2.39. The molecule has 100 valence electrons. The molecule has 2 rings (SSSR count). The Kier molecular flexibility index (Phi) is 4.05. The number of aromatic nitrogens is 1. The van der Waals surface area contributed by atoms with Crippen molar-refractivity contribution in [1.29, 1.82) is 0 Å². The molecular weight excluding hydrogens is 343 g/mol. The monoisotopic (exact) mass is 349 g/mol. The number of Topliss-reactive ketones (excluding diaryl/α,β-unsaturated/α-hetero) is 1. The minimum absolute atomic E-state index is 0.0234. The van der Waals surface area contributed by atoms with Crippen LogP contribution in [0.3, 0.4) is 0 Å². The minimum atomic E-state index is -4.50. The molecule has 7 heteroatoms. The highest BCUT2D eigenvalue weighted by molar-refractivity contribution is 9.10. The van der Waals surface area contributed by atoms with Crippen molar-refractivity contribution in [3.8, 4) is 0 Å². The normalized spacial score (nSPS) is 11.6. The van der Waals surface area contributed by atoms with Crippen LogP contribution in [0.2, 0.25) is 0 Å². The second-order valence-corrected chi connectivity index (χ2v) is 5.70. The number of nitrogens with zero attached hydrogens (tertiary/aromatic N) is 1. The van der Waals surface area contributed by atoms with Crippen molar-refractivity contribution in [2.45, 2.75) is 12.6 Å². The van der Waals surface area contributed by atoms with Gasteiger partial charge in [-0.1, -0.05) is 28.1 Å². The van der Waals surface area contributed by atoms with Crippen molar-refractivity contribution >= 4 is 33.0 Å². The van der Waals surface area contributed by atoms with E-state index in [4.69, 9.17) is 0 Å². The highest BCUT2D eigenvalue weighted by Crippen LogP contribution is 2.32. The molecule has 0 spiro atoms. The third-order valence-electron chi connectivity index (χ3n) is 2.30. The number of hydrogen-bond acceptors (Lipinski definition) is 3. The number of hydrogen-bond donors (Lipinski definition) is 0. The van der Waals surface area contributed by atoms with Gasteiger partial charge in [0.05, 0.1) is 4.88 Å². The standard InChI is InChI=1S/C12H7BrF3NOS/c13-8-3-1-7(2-4-8)5-9(18)10-6-17-11(19-10)12(14,15)16/h1-4,6H,5H2. The largest absolute Gasteiger partial charge is 0.443 e. The van der Waals surface area contributed by atoms with Gasteiger partial charge in [0, 0.05) is 17.1 Å². The number of rotatable bonds is 3. The first-order chi connectivity index (χ1) is 8.86. The van der Waals surface area contributed by atoms with Crippen molar-refractivity contribution in [2.24, 2.45) is 0 Å². The van der Waals surface area contributed by atoms with E-state index in [2.05, 4.69) is 20.9 Å². The lowest BCUT2D eigenvalue weighted by atomic mass is 10.1. The summed E-state index contributed by atoms with van der Waals surface area (Å²) in [6.07, 6.45) is -3.46. The maximum absolute atomic E-state index is 12.4. The lowest BCUT2D eigenvalue weighted by Gasteiger charge is -2.00. The molecule has 0 aliphatic heterocycles. The zero-order valence-corrected chi connectivity index (χ0v) is 11.8.